The lowest BCUT2D eigenvalue weighted by atomic mass is 9.87. The molecule has 56 valence electrons. The molecule has 1 saturated carbocycles. The molecule has 0 amide bonds. The summed E-state index contributed by atoms with van der Waals surface area (Å²) in [4.78, 5) is 0. The first-order chi connectivity index (χ1) is 4.92. The summed E-state index contributed by atoms with van der Waals surface area (Å²) in [5, 5.41) is 2.18. The molecule has 3 aliphatic rings. The molecule has 10 heavy (non-hydrogen) atoms. The van der Waals surface area contributed by atoms with Gasteiger partial charge in [-0.15, -0.1) is 11.8 Å². The maximum atomic E-state index is 2.30. The van der Waals surface area contributed by atoms with Crippen LogP contribution in [0.3, 0.4) is 0 Å². The topological polar surface area (TPSA) is 0 Å². The van der Waals surface area contributed by atoms with Crippen LogP contribution in [0, 0.1) is 0 Å². The molecule has 0 bridgehead atoms. The van der Waals surface area contributed by atoms with Gasteiger partial charge < -0.3 is 0 Å². The largest absolute Gasteiger partial charge is 0.155 e. The molecule has 3 fully saturated rings. The maximum absolute atomic E-state index is 2.30. The number of fused-ring (bicyclic) bond motifs is 1. The molecule has 2 heteroatoms. The molecule has 2 heterocycles. The average Bonchev–Trinajstić information content (AvgIpc) is 2.84. The molecule has 0 spiro atoms. The van der Waals surface area contributed by atoms with E-state index in [1.54, 1.807) is 6.42 Å². The molecule has 0 N–H and O–H groups in total. The Morgan fingerprint density at radius 1 is 1.20 bits per heavy atom. The Hall–Kier alpha value is 0.700. The Bertz CT molecular complexity index is 165. The molecule has 2 aliphatic heterocycles. The highest BCUT2D eigenvalue weighted by Gasteiger charge is 2.63. The summed E-state index contributed by atoms with van der Waals surface area (Å²) in [7, 11) is 0. The van der Waals surface area contributed by atoms with Crippen molar-refractivity contribution < 1.29 is 0 Å². The molecule has 2 saturated heterocycles. The number of hydrogen-bond donors (Lipinski definition) is 0. The van der Waals surface area contributed by atoms with Gasteiger partial charge in [-0.05, 0) is 12.8 Å². The third-order valence-electron chi connectivity index (χ3n) is 3.01. The zero-order valence-corrected chi connectivity index (χ0v) is 7.64. The molecule has 0 nitrogen and oxygen atoms in total. The van der Waals surface area contributed by atoms with E-state index in [1.165, 1.54) is 25.0 Å². The predicted octanol–water partition coefficient (Wildman–Crippen LogP) is 2.53. The fourth-order valence-corrected chi connectivity index (χ4v) is 5.42. The number of thioether (sulfide) groups is 2. The Labute approximate surface area is 70.5 Å². The minimum atomic E-state index is 0.836. The van der Waals surface area contributed by atoms with Crippen molar-refractivity contribution in [3.63, 3.8) is 0 Å². The van der Waals surface area contributed by atoms with Crippen LogP contribution in [0.1, 0.15) is 25.7 Å². The summed E-state index contributed by atoms with van der Waals surface area (Å²) in [6.07, 6.45) is 6.10. The van der Waals surface area contributed by atoms with E-state index in [9.17, 15) is 0 Å². The minimum Gasteiger partial charge on any atom is -0.155 e. The Balaban J connectivity index is 1.80. The van der Waals surface area contributed by atoms with E-state index in [-0.39, 0.29) is 0 Å². The van der Waals surface area contributed by atoms with Crippen LogP contribution in [0.15, 0.2) is 0 Å². The molecule has 0 aromatic heterocycles. The normalized spacial score (nSPS) is 57.6. The van der Waals surface area contributed by atoms with Crippen molar-refractivity contribution in [2.75, 3.05) is 5.75 Å². The Morgan fingerprint density at radius 2 is 2.10 bits per heavy atom. The van der Waals surface area contributed by atoms with Gasteiger partial charge in [-0.25, -0.2) is 0 Å². The van der Waals surface area contributed by atoms with Crippen molar-refractivity contribution in [3.05, 3.63) is 0 Å². The van der Waals surface area contributed by atoms with Gasteiger partial charge in [0, 0.05) is 21.0 Å². The van der Waals surface area contributed by atoms with Crippen LogP contribution in [0.2, 0.25) is 0 Å². The van der Waals surface area contributed by atoms with E-state index in [1.807, 2.05) is 0 Å². The third kappa shape index (κ3) is 0.724. The van der Waals surface area contributed by atoms with Gasteiger partial charge >= 0.3 is 0 Å². The van der Waals surface area contributed by atoms with Gasteiger partial charge in [-0.3, -0.25) is 0 Å². The van der Waals surface area contributed by atoms with Crippen LogP contribution in [-0.2, 0) is 0 Å². The SMILES string of the molecule is C1CCC2(C3CS3)SC2C1. The van der Waals surface area contributed by atoms with Gasteiger partial charge in [0.2, 0.25) is 0 Å². The average molecular weight is 172 g/mol. The Morgan fingerprint density at radius 3 is 2.80 bits per heavy atom. The second kappa shape index (κ2) is 1.89. The van der Waals surface area contributed by atoms with E-state index < -0.39 is 0 Å². The van der Waals surface area contributed by atoms with E-state index >= 15 is 0 Å². The molecule has 0 aromatic carbocycles. The first-order valence-electron chi connectivity index (χ1n) is 4.21. The lowest BCUT2D eigenvalue weighted by molar-refractivity contribution is 0.472. The van der Waals surface area contributed by atoms with Gasteiger partial charge in [0.15, 0.2) is 0 Å². The molecule has 3 unspecified atom stereocenters. The summed E-state index contributed by atoms with van der Waals surface area (Å²) >= 11 is 4.49. The molecular weight excluding hydrogens is 160 g/mol. The van der Waals surface area contributed by atoms with Gasteiger partial charge in [0.1, 0.15) is 0 Å². The smallest absolute Gasteiger partial charge is 0.0408 e. The molecule has 3 atom stereocenters. The van der Waals surface area contributed by atoms with Crippen LogP contribution < -0.4 is 0 Å². The highest BCUT2D eigenvalue weighted by molar-refractivity contribution is 8.13. The van der Waals surface area contributed by atoms with Crippen LogP contribution in [0.5, 0.6) is 0 Å². The molecule has 0 radical (unpaired) electrons. The van der Waals surface area contributed by atoms with Crippen molar-refractivity contribution in [1.29, 1.82) is 0 Å². The first-order valence-corrected chi connectivity index (χ1v) is 6.14. The summed E-state index contributed by atoms with van der Waals surface area (Å²) in [5.41, 5.74) is 0. The van der Waals surface area contributed by atoms with Crippen molar-refractivity contribution in [2.24, 2.45) is 0 Å². The Kier molecular flexibility index (Phi) is 1.18. The molecule has 3 rings (SSSR count). The van der Waals surface area contributed by atoms with Gasteiger partial charge in [0.25, 0.3) is 0 Å². The summed E-state index contributed by atoms with van der Waals surface area (Å²) in [5.74, 6) is 1.48. The van der Waals surface area contributed by atoms with Gasteiger partial charge in [-0.2, -0.15) is 11.8 Å². The fraction of sp³-hybridized carbons (Fsp3) is 1.00. The van der Waals surface area contributed by atoms with Crippen LogP contribution in [0.25, 0.3) is 0 Å². The standard InChI is InChI=1S/C8H12S2/c1-2-4-8(7-5-9-7)6(3-1)10-8/h6-7H,1-5H2. The van der Waals surface area contributed by atoms with Crippen molar-refractivity contribution >= 4 is 23.5 Å². The van der Waals surface area contributed by atoms with Gasteiger partial charge in [0.05, 0.1) is 0 Å². The van der Waals surface area contributed by atoms with Crippen molar-refractivity contribution in [2.45, 2.75) is 40.9 Å². The maximum Gasteiger partial charge on any atom is 0.0408 e. The zero-order chi connectivity index (χ0) is 6.60. The monoisotopic (exact) mass is 172 g/mol. The first kappa shape index (κ1) is 6.24. The van der Waals surface area contributed by atoms with Crippen LogP contribution in [0.4, 0.5) is 0 Å². The lowest BCUT2D eigenvalue weighted by Crippen LogP contribution is -2.24. The quantitative estimate of drug-likeness (QED) is 0.557. The van der Waals surface area contributed by atoms with Crippen LogP contribution >= 0.6 is 23.5 Å². The van der Waals surface area contributed by atoms with E-state index in [2.05, 4.69) is 23.5 Å². The van der Waals surface area contributed by atoms with Crippen molar-refractivity contribution in [1.82, 2.24) is 0 Å². The number of rotatable bonds is 1. The summed E-state index contributed by atoms with van der Waals surface area (Å²) < 4.78 is 0.836. The second-order valence-corrected chi connectivity index (χ2v) is 6.43. The van der Waals surface area contributed by atoms with E-state index in [4.69, 9.17) is 0 Å². The molecule has 0 aromatic rings. The third-order valence-corrected chi connectivity index (χ3v) is 6.15. The second-order valence-electron chi connectivity index (χ2n) is 3.63. The molecule has 1 aliphatic carbocycles. The minimum absolute atomic E-state index is 0.836. The summed E-state index contributed by atoms with van der Waals surface area (Å²) in [6, 6.07) is 0. The molecular formula is C8H12S2. The predicted molar refractivity (Wildman–Crippen MR) is 48.8 cm³/mol. The summed E-state index contributed by atoms with van der Waals surface area (Å²) in [6.45, 7) is 0. The van der Waals surface area contributed by atoms with Crippen molar-refractivity contribution in [3.8, 4) is 0 Å². The zero-order valence-electron chi connectivity index (χ0n) is 6.01. The van der Waals surface area contributed by atoms with Crippen LogP contribution in [-0.4, -0.2) is 21.0 Å². The van der Waals surface area contributed by atoms with E-state index in [0.29, 0.717) is 0 Å². The lowest BCUT2D eigenvalue weighted by Gasteiger charge is -2.17. The fourth-order valence-electron chi connectivity index (χ4n) is 2.26. The highest BCUT2D eigenvalue weighted by Crippen LogP contribution is 2.69. The van der Waals surface area contributed by atoms with E-state index in [0.717, 1.165) is 15.2 Å². The van der Waals surface area contributed by atoms with Gasteiger partial charge in [-0.1, -0.05) is 12.8 Å². The highest BCUT2D eigenvalue weighted by atomic mass is 32.2. The number of hydrogen-bond acceptors (Lipinski definition) is 2.